The fraction of sp³-hybridized carbons (Fsp3) is 0.333. The third-order valence-corrected chi connectivity index (χ3v) is 0.714. The van der Waals surface area contributed by atoms with Gasteiger partial charge in [-0.15, -0.1) is 0 Å². The van der Waals surface area contributed by atoms with E-state index >= 15 is 0 Å². The second kappa shape index (κ2) is 4.97. The summed E-state index contributed by atoms with van der Waals surface area (Å²) in [6.45, 7) is 0. The summed E-state index contributed by atoms with van der Waals surface area (Å²) in [7, 11) is 0. The lowest BCUT2D eigenvalue weighted by atomic mass is 10.5. The second-order valence-electron chi connectivity index (χ2n) is 1.35. The van der Waals surface area contributed by atoms with E-state index in [9.17, 15) is 0 Å². The molecule has 0 aliphatic heterocycles. The number of nitrogens with one attached hydrogen (secondary N) is 1. The van der Waals surface area contributed by atoms with Crippen molar-refractivity contribution in [3.63, 3.8) is 0 Å². The molecule has 60 valence electrons. The van der Waals surface area contributed by atoms with Gasteiger partial charge in [0.25, 0.3) is 6.29 Å². The first-order chi connectivity index (χ1) is 4.76. The van der Waals surface area contributed by atoms with Gasteiger partial charge in [-0.25, -0.2) is 10.5 Å². The summed E-state index contributed by atoms with van der Waals surface area (Å²) in [5.74, 6) is 4.80. The monoisotopic (exact) mass is 151 g/mol. The predicted molar refractivity (Wildman–Crippen MR) is 30.8 cm³/mol. The number of hydrogen-bond acceptors (Lipinski definition) is 7. The SMILES string of the molecule is NN/C=C(\N)C(OO)OO. The summed E-state index contributed by atoms with van der Waals surface area (Å²) in [6.07, 6.45) is -0.340. The summed E-state index contributed by atoms with van der Waals surface area (Å²) in [6, 6.07) is 0. The Kier molecular flexibility index (Phi) is 4.54. The molecule has 0 saturated heterocycles. The lowest BCUT2D eigenvalue weighted by molar-refractivity contribution is -0.419. The van der Waals surface area contributed by atoms with Crippen LogP contribution in [-0.2, 0) is 9.78 Å². The minimum atomic E-state index is -1.42. The van der Waals surface area contributed by atoms with Crippen molar-refractivity contribution in [2.24, 2.45) is 11.6 Å². The van der Waals surface area contributed by atoms with Gasteiger partial charge in [-0.1, -0.05) is 0 Å². The molecule has 0 aliphatic rings. The van der Waals surface area contributed by atoms with Crippen LogP contribution < -0.4 is 17.0 Å². The van der Waals surface area contributed by atoms with Crippen LogP contribution in [0.4, 0.5) is 0 Å². The molecule has 0 aromatic carbocycles. The molecule has 0 bridgehead atoms. The minimum Gasteiger partial charge on any atom is -0.397 e. The summed E-state index contributed by atoms with van der Waals surface area (Å²) >= 11 is 0. The van der Waals surface area contributed by atoms with Gasteiger partial charge in [-0.2, -0.15) is 9.78 Å². The van der Waals surface area contributed by atoms with E-state index in [1.54, 1.807) is 0 Å². The van der Waals surface area contributed by atoms with Crippen LogP contribution in [0.2, 0.25) is 0 Å². The summed E-state index contributed by atoms with van der Waals surface area (Å²) in [4.78, 5) is 7.11. The number of nitrogens with two attached hydrogens (primary N) is 2. The van der Waals surface area contributed by atoms with Gasteiger partial charge in [-0.3, -0.25) is 5.84 Å². The molecule has 0 heterocycles. The molecule has 0 saturated carbocycles. The van der Waals surface area contributed by atoms with Crippen molar-refractivity contribution in [3.8, 4) is 0 Å². The van der Waals surface area contributed by atoms with Crippen molar-refractivity contribution in [3.05, 3.63) is 11.9 Å². The molecule has 0 aromatic rings. The Morgan fingerprint density at radius 2 is 2.00 bits per heavy atom. The molecule has 0 amide bonds. The number of hydrogen-bond donors (Lipinski definition) is 5. The lowest BCUT2D eigenvalue weighted by Gasteiger charge is -2.08. The first kappa shape index (κ1) is 9.14. The van der Waals surface area contributed by atoms with E-state index in [1.807, 2.05) is 5.43 Å². The minimum absolute atomic E-state index is 0.104. The lowest BCUT2D eigenvalue weighted by Crippen LogP contribution is -2.26. The average Bonchev–Trinajstić information content (AvgIpc) is 1.91. The van der Waals surface area contributed by atoms with Gasteiger partial charge in [0.15, 0.2) is 0 Å². The molecule has 0 aromatic heterocycles. The zero-order valence-electron chi connectivity index (χ0n) is 5.02. The van der Waals surface area contributed by atoms with Crippen molar-refractivity contribution in [2.45, 2.75) is 6.29 Å². The molecule has 0 aliphatic carbocycles. The quantitative estimate of drug-likeness (QED) is 0.144. The van der Waals surface area contributed by atoms with Gasteiger partial charge in [-0.05, 0) is 0 Å². The van der Waals surface area contributed by atoms with Crippen LogP contribution in [0.15, 0.2) is 11.9 Å². The first-order valence-corrected chi connectivity index (χ1v) is 2.28. The fourth-order valence-electron chi connectivity index (χ4n) is 0.305. The molecule has 7 nitrogen and oxygen atoms in total. The van der Waals surface area contributed by atoms with E-state index in [1.165, 1.54) is 0 Å². The van der Waals surface area contributed by atoms with Crippen LogP contribution in [0.5, 0.6) is 0 Å². The van der Waals surface area contributed by atoms with Crippen molar-refractivity contribution in [1.29, 1.82) is 0 Å². The first-order valence-electron chi connectivity index (χ1n) is 2.28. The Morgan fingerprint density at radius 3 is 2.30 bits per heavy atom. The van der Waals surface area contributed by atoms with Crippen molar-refractivity contribution < 1.29 is 20.3 Å². The molecule has 10 heavy (non-hydrogen) atoms. The predicted octanol–water partition coefficient (Wildman–Crippen LogP) is -1.44. The Labute approximate surface area is 56.7 Å². The zero-order chi connectivity index (χ0) is 7.98. The van der Waals surface area contributed by atoms with E-state index in [4.69, 9.17) is 22.1 Å². The van der Waals surface area contributed by atoms with Crippen LogP contribution >= 0.6 is 0 Å². The number of hydrazine groups is 1. The van der Waals surface area contributed by atoms with E-state index in [0.717, 1.165) is 6.20 Å². The van der Waals surface area contributed by atoms with Gasteiger partial charge in [0.05, 0.1) is 5.70 Å². The largest absolute Gasteiger partial charge is 0.397 e. The van der Waals surface area contributed by atoms with Gasteiger partial charge in [0, 0.05) is 6.20 Å². The third-order valence-electron chi connectivity index (χ3n) is 0.714. The highest BCUT2D eigenvalue weighted by Crippen LogP contribution is 1.96. The maximum atomic E-state index is 7.95. The fourth-order valence-corrected chi connectivity index (χ4v) is 0.305. The Hall–Kier alpha value is -0.860. The van der Waals surface area contributed by atoms with Gasteiger partial charge in [0.2, 0.25) is 0 Å². The topological polar surface area (TPSA) is 123 Å². The Balaban J connectivity index is 3.87. The highest BCUT2D eigenvalue weighted by molar-refractivity contribution is 4.96. The molecular weight excluding hydrogens is 142 g/mol. The van der Waals surface area contributed by atoms with Crippen LogP contribution in [-0.4, -0.2) is 16.8 Å². The van der Waals surface area contributed by atoms with Crippen molar-refractivity contribution >= 4 is 0 Å². The van der Waals surface area contributed by atoms with Crippen LogP contribution in [0.25, 0.3) is 0 Å². The van der Waals surface area contributed by atoms with Crippen LogP contribution in [0.1, 0.15) is 0 Å². The highest BCUT2D eigenvalue weighted by atomic mass is 17.2. The van der Waals surface area contributed by atoms with Crippen molar-refractivity contribution in [2.75, 3.05) is 0 Å². The van der Waals surface area contributed by atoms with Crippen LogP contribution in [0, 0.1) is 0 Å². The summed E-state index contributed by atoms with van der Waals surface area (Å²) in [5.41, 5.74) is 7.04. The molecule has 0 atom stereocenters. The second-order valence-corrected chi connectivity index (χ2v) is 1.35. The van der Waals surface area contributed by atoms with E-state index in [0.29, 0.717) is 0 Å². The standard InChI is InChI=1S/C3H9N3O4/c4-2(1-6-5)3(9-7)10-8/h1,3,6-8H,4-5H2/b2-1-. The molecule has 7 heteroatoms. The van der Waals surface area contributed by atoms with Gasteiger partial charge in [0.1, 0.15) is 0 Å². The number of rotatable bonds is 4. The molecule has 0 radical (unpaired) electrons. The molecule has 7 N–H and O–H groups in total. The maximum Gasteiger partial charge on any atom is 0.264 e. The maximum absolute atomic E-state index is 7.95. The molecule has 0 fully saturated rings. The van der Waals surface area contributed by atoms with Crippen LogP contribution in [0.3, 0.4) is 0 Å². The highest BCUT2D eigenvalue weighted by Gasteiger charge is 2.11. The molecule has 0 rings (SSSR count). The molecular formula is C3H9N3O4. The normalized spacial score (nSPS) is 12.2. The molecule has 0 unspecified atom stereocenters. The van der Waals surface area contributed by atoms with E-state index in [2.05, 4.69) is 9.78 Å². The van der Waals surface area contributed by atoms with Crippen molar-refractivity contribution in [1.82, 2.24) is 5.43 Å². The summed E-state index contributed by atoms with van der Waals surface area (Å²) in [5, 5.41) is 15.9. The Morgan fingerprint density at radius 1 is 1.50 bits per heavy atom. The zero-order valence-corrected chi connectivity index (χ0v) is 5.02. The molecule has 0 spiro atoms. The third kappa shape index (κ3) is 2.62. The van der Waals surface area contributed by atoms with Gasteiger partial charge >= 0.3 is 0 Å². The summed E-state index contributed by atoms with van der Waals surface area (Å²) < 4.78 is 0. The van der Waals surface area contributed by atoms with E-state index in [-0.39, 0.29) is 5.70 Å². The average molecular weight is 151 g/mol. The van der Waals surface area contributed by atoms with E-state index < -0.39 is 6.29 Å². The Bertz CT molecular complexity index is 112. The smallest absolute Gasteiger partial charge is 0.264 e. The van der Waals surface area contributed by atoms with Gasteiger partial charge < -0.3 is 11.2 Å².